The summed E-state index contributed by atoms with van der Waals surface area (Å²) >= 11 is 1.59. The third-order valence-corrected chi connectivity index (χ3v) is 3.64. The largest absolute Gasteiger partial charge is 0.411 e. The van der Waals surface area contributed by atoms with Crippen LogP contribution in [0.4, 0.5) is 0 Å². The molecule has 0 spiro atoms. The Labute approximate surface area is 117 Å². The van der Waals surface area contributed by atoms with E-state index in [4.69, 9.17) is 4.42 Å². The average Bonchev–Trinajstić information content (AvgIpc) is 2.93. The minimum atomic E-state index is 0.526. The van der Waals surface area contributed by atoms with E-state index in [0.717, 1.165) is 31.0 Å². The number of aromatic nitrogens is 3. The van der Waals surface area contributed by atoms with Gasteiger partial charge in [0.15, 0.2) is 0 Å². The molecule has 0 atom stereocenters. The van der Waals surface area contributed by atoms with Gasteiger partial charge in [-0.25, -0.2) is 0 Å². The number of pyridine rings is 1. The van der Waals surface area contributed by atoms with Crippen LogP contribution in [0.5, 0.6) is 0 Å². The highest BCUT2D eigenvalue weighted by molar-refractivity contribution is 7.99. The van der Waals surface area contributed by atoms with Gasteiger partial charge >= 0.3 is 0 Å². The molecule has 0 unspecified atom stereocenters. The predicted octanol–water partition coefficient (Wildman–Crippen LogP) is 2.57. The van der Waals surface area contributed by atoms with Crippen LogP contribution in [0.1, 0.15) is 13.8 Å². The Hall–Kier alpha value is -1.40. The topological polar surface area (TPSA) is 55.1 Å². The van der Waals surface area contributed by atoms with E-state index in [-0.39, 0.29) is 0 Å². The lowest BCUT2D eigenvalue weighted by Gasteiger charge is -2.16. The van der Waals surface area contributed by atoms with Gasteiger partial charge in [-0.3, -0.25) is 4.98 Å². The molecule has 2 heterocycles. The van der Waals surface area contributed by atoms with E-state index in [1.165, 1.54) is 0 Å². The van der Waals surface area contributed by atoms with E-state index in [1.807, 2.05) is 12.1 Å². The molecule has 102 valence electrons. The SMILES string of the molecule is CCN(CC)CCSc1nnc(-c2cccnc2)o1. The lowest BCUT2D eigenvalue weighted by molar-refractivity contribution is 0.323. The van der Waals surface area contributed by atoms with Gasteiger partial charge in [-0.1, -0.05) is 25.6 Å². The summed E-state index contributed by atoms with van der Waals surface area (Å²) in [6.45, 7) is 7.51. The van der Waals surface area contributed by atoms with Gasteiger partial charge in [-0.05, 0) is 25.2 Å². The van der Waals surface area contributed by atoms with Crippen LogP contribution in [-0.2, 0) is 0 Å². The summed E-state index contributed by atoms with van der Waals surface area (Å²) in [5.74, 6) is 1.48. The van der Waals surface area contributed by atoms with E-state index < -0.39 is 0 Å². The van der Waals surface area contributed by atoms with E-state index in [1.54, 1.807) is 24.2 Å². The second-order valence-electron chi connectivity index (χ2n) is 3.99. The van der Waals surface area contributed by atoms with Crippen LogP contribution in [0, 0.1) is 0 Å². The normalized spacial score (nSPS) is 11.1. The fourth-order valence-electron chi connectivity index (χ4n) is 1.68. The van der Waals surface area contributed by atoms with Gasteiger partial charge in [0.2, 0.25) is 5.89 Å². The lowest BCUT2D eigenvalue weighted by atomic mass is 10.3. The number of hydrogen-bond donors (Lipinski definition) is 0. The molecule has 0 aliphatic heterocycles. The Morgan fingerprint density at radius 3 is 2.79 bits per heavy atom. The zero-order valence-corrected chi connectivity index (χ0v) is 12.1. The molecule has 6 heteroatoms. The van der Waals surface area contributed by atoms with Crippen LogP contribution in [0.15, 0.2) is 34.2 Å². The Morgan fingerprint density at radius 1 is 1.26 bits per heavy atom. The summed E-state index contributed by atoms with van der Waals surface area (Å²) in [7, 11) is 0. The maximum Gasteiger partial charge on any atom is 0.276 e. The van der Waals surface area contributed by atoms with E-state index >= 15 is 0 Å². The van der Waals surface area contributed by atoms with Crippen LogP contribution in [-0.4, -0.2) is 45.5 Å². The predicted molar refractivity (Wildman–Crippen MR) is 76.0 cm³/mol. The zero-order chi connectivity index (χ0) is 13.5. The molecule has 0 saturated heterocycles. The third-order valence-electron chi connectivity index (χ3n) is 2.84. The summed E-state index contributed by atoms with van der Waals surface area (Å²) in [6, 6.07) is 3.76. The van der Waals surface area contributed by atoms with Gasteiger partial charge in [0.1, 0.15) is 0 Å². The van der Waals surface area contributed by atoms with Crippen LogP contribution < -0.4 is 0 Å². The van der Waals surface area contributed by atoms with Crippen molar-refractivity contribution in [2.24, 2.45) is 0 Å². The van der Waals surface area contributed by atoms with Gasteiger partial charge in [-0.15, -0.1) is 10.2 Å². The molecule has 0 N–H and O–H groups in total. The first-order chi connectivity index (χ1) is 9.33. The highest BCUT2D eigenvalue weighted by Gasteiger charge is 2.09. The van der Waals surface area contributed by atoms with Crippen molar-refractivity contribution in [3.05, 3.63) is 24.5 Å². The summed E-state index contributed by atoms with van der Waals surface area (Å²) in [4.78, 5) is 6.40. The van der Waals surface area contributed by atoms with Gasteiger partial charge < -0.3 is 9.32 Å². The van der Waals surface area contributed by atoms with Crippen molar-refractivity contribution in [2.75, 3.05) is 25.4 Å². The van der Waals surface area contributed by atoms with Gasteiger partial charge in [0.05, 0.1) is 5.56 Å². The maximum absolute atomic E-state index is 5.60. The minimum absolute atomic E-state index is 0.526. The molecule has 0 aliphatic rings. The van der Waals surface area contributed by atoms with Crippen LogP contribution in [0.2, 0.25) is 0 Å². The Morgan fingerprint density at radius 2 is 2.11 bits per heavy atom. The van der Waals surface area contributed by atoms with Crippen LogP contribution in [0.25, 0.3) is 11.5 Å². The molecule has 2 rings (SSSR count). The standard InChI is InChI=1S/C13H18N4OS/c1-3-17(4-2)8-9-19-13-16-15-12(18-13)11-6-5-7-14-10-11/h5-7,10H,3-4,8-9H2,1-2H3. The zero-order valence-electron chi connectivity index (χ0n) is 11.2. The highest BCUT2D eigenvalue weighted by atomic mass is 32.2. The van der Waals surface area contributed by atoms with Crippen molar-refractivity contribution < 1.29 is 4.42 Å². The van der Waals surface area contributed by atoms with E-state index in [9.17, 15) is 0 Å². The summed E-state index contributed by atoms with van der Waals surface area (Å²) in [5, 5.41) is 8.69. The minimum Gasteiger partial charge on any atom is -0.411 e. The molecule has 0 aliphatic carbocycles. The van der Waals surface area contributed by atoms with Crippen LogP contribution >= 0.6 is 11.8 Å². The number of hydrogen-bond acceptors (Lipinski definition) is 6. The molecular weight excluding hydrogens is 260 g/mol. The van der Waals surface area contributed by atoms with Crippen molar-refractivity contribution in [3.8, 4) is 11.5 Å². The Bertz CT molecular complexity index is 484. The van der Waals surface area contributed by atoms with Crippen molar-refractivity contribution >= 4 is 11.8 Å². The van der Waals surface area contributed by atoms with E-state index in [0.29, 0.717) is 11.1 Å². The highest BCUT2D eigenvalue weighted by Crippen LogP contribution is 2.22. The Balaban J connectivity index is 1.88. The summed E-state index contributed by atoms with van der Waals surface area (Å²) < 4.78 is 5.60. The molecule has 0 amide bonds. The monoisotopic (exact) mass is 278 g/mol. The van der Waals surface area contributed by atoms with Crippen LogP contribution in [0.3, 0.4) is 0 Å². The van der Waals surface area contributed by atoms with Crippen molar-refractivity contribution in [2.45, 2.75) is 19.1 Å². The van der Waals surface area contributed by atoms with Gasteiger partial charge in [0.25, 0.3) is 5.22 Å². The second kappa shape index (κ2) is 7.25. The van der Waals surface area contributed by atoms with Crippen molar-refractivity contribution in [1.82, 2.24) is 20.1 Å². The fourth-order valence-corrected chi connectivity index (χ4v) is 2.44. The number of nitrogens with zero attached hydrogens (tertiary/aromatic N) is 4. The summed E-state index contributed by atoms with van der Waals surface area (Å²) in [5.41, 5.74) is 0.852. The second-order valence-corrected chi connectivity index (χ2v) is 5.04. The molecule has 0 fully saturated rings. The molecule has 2 aromatic rings. The van der Waals surface area contributed by atoms with Crippen molar-refractivity contribution in [1.29, 1.82) is 0 Å². The Kier molecular flexibility index (Phi) is 5.35. The number of rotatable bonds is 7. The first-order valence-electron chi connectivity index (χ1n) is 6.42. The molecule has 0 bridgehead atoms. The molecule has 0 saturated carbocycles. The molecular formula is C13H18N4OS. The molecule has 0 radical (unpaired) electrons. The molecule has 2 aromatic heterocycles. The quantitative estimate of drug-likeness (QED) is 0.726. The molecule has 5 nitrogen and oxygen atoms in total. The fraction of sp³-hybridized carbons (Fsp3) is 0.462. The third kappa shape index (κ3) is 4.04. The van der Waals surface area contributed by atoms with Gasteiger partial charge in [0, 0.05) is 24.7 Å². The first-order valence-corrected chi connectivity index (χ1v) is 7.41. The summed E-state index contributed by atoms with van der Waals surface area (Å²) in [6.07, 6.45) is 3.44. The van der Waals surface area contributed by atoms with Crippen molar-refractivity contribution in [3.63, 3.8) is 0 Å². The molecule has 19 heavy (non-hydrogen) atoms. The first kappa shape index (κ1) is 14.0. The lowest BCUT2D eigenvalue weighted by Crippen LogP contribution is -2.25. The number of thioether (sulfide) groups is 1. The average molecular weight is 278 g/mol. The van der Waals surface area contributed by atoms with Gasteiger partial charge in [-0.2, -0.15) is 0 Å². The molecule has 0 aromatic carbocycles. The maximum atomic E-state index is 5.60. The van der Waals surface area contributed by atoms with E-state index in [2.05, 4.69) is 33.9 Å². The smallest absolute Gasteiger partial charge is 0.276 e.